The van der Waals surface area contributed by atoms with Gasteiger partial charge in [0, 0.05) is 33.2 Å². The number of carbonyl (C=O) groups excluding carboxylic acids is 2. The Labute approximate surface area is 123 Å². The minimum absolute atomic E-state index is 0.00954. The fourth-order valence-electron chi connectivity index (χ4n) is 1.86. The van der Waals surface area contributed by atoms with Gasteiger partial charge in [0.2, 0.25) is 11.8 Å². The van der Waals surface area contributed by atoms with Crippen molar-refractivity contribution < 1.29 is 14.5 Å². The number of nitrogens with zero attached hydrogens (tertiary/aromatic N) is 3. The van der Waals surface area contributed by atoms with Gasteiger partial charge in [0.25, 0.3) is 5.69 Å². The lowest BCUT2D eigenvalue weighted by atomic mass is 10.1. The van der Waals surface area contributed by atoms with E-state index < -0.39 is 4.92 Å². The molecule has 0 radical (unpaired) electrons. The first-order valence-corrected chi connectivity index (χ1v) is 6.45. The van der Waals surface area contributed by atoms with Crippen molar-refractivity contribution in [1.29, 1.82) is 0 Å². The Morgan fingerprint density at radius 2 is 1.76 bits per heavy atom. The van der Waals surface area contributed by atoms with Crippen LogP contribution in [0.1, 0.15) is 25.5 Å². The van der Waals surface area contributed by atoms with E-state index in [4.69, 9.17) is 0 Å². The molecule has 0 saturated heterocycles. The lowest BCUT2D eigenvalue weighted by Gasteiger charge is -2.29. The van der Waals surface area contributed by atoms with Gasteiger partial charge in [0.1, 0.15) is 6.54 Å². The molecule has 21 heavy (non-hydrogen) atoms. The Morgan fingerprint density at radius 1 is 1.24 bits per heavy atom. The van der Waals surface area contributed by atoms with Crippen molar-refractivity contribution in [2.45, 2.75) is 19.9 Å². The van der Waals surface area contributed by atoms with E-state index in [0.717, 1.165) is 5.56 Å². The van der Waals surface area contributed by atoms with Crippen LogP contribution >= 0.6 is 0 Å². The van der Waals surface area contributed by atoms with Gasteiger partial charge in [-0.2, -0.15) is 0 Å². The van der Waals surface area contributed by atoms with Crippen molar-refractivity contribution in [3.8, 4) is 0 Å². The number of benzene rings is 1. The first-order chi connectivity index (χ1) is 9.73. The van der Waals surface area contributed by atoms with Crippen LogP contribution in [0.3, 0.4) is 0 Å². The van der Waals surface area contributed by atoms with Crippen LogP contribution in [0.4, 0.5) is 5.69 Å². The molecular weight excluding hydrogens is 274 g/mol. The summed E-state index contributed by atoms with van der Waals surface area (Å²) in [4.78, 5) is 36.5. The number of likely N-dealkylation sites (N-methyl/N-ethyl adjacent to an activating group) is 1. The quantitative estimate of drug-likeness (QED) is 0.609. The van der Waals surface area contributed by atoms with Crippen LogP contribution < -0.4 is 0 Å². The Kier molecular flexibility index (Phi) is 5.40. The van der Waals surface area contributed by atoms with Crippen LogP contribution in [-0.4, -0.2) is 47.2 Å². The fraction of sp³-hybridized carbons (Fsp3) is 0.429. The summed E-state index contributed by atoms with van der Waals surface area (Å²) in [5, 5.41) is 10.6. The molecule has 0 N–H and O–H groups in total. The highest BCUT2D eigenvalue weighted by Crippen LogP contribution is 2.22. The molecule has 0 aliphatic heterocycles. The maximum Gasteiger partial charge on any atom is 0.269 e. The first-order valence-electron chi connectivity index (χ1n) is 6.45. The molecule has 0 aliphatic carbocycles. The molecule has 1 unspecified atom stereocenters. The molecule has 1 aromatic rings. The van der Waals surface area contributed by atoms with Crippen LogP contribution in [0.25, 0.3) is 0 Å². The Morgan fingerprint density at radius 3 is 2.14 bits per heavy atom. The van der Waals surface area contributed by atoms with Gasteiger partial charge in [-0.15, -0.1) is 0 Å². The van der Waals surface area contributed by atoms with Crippen LogP contribution in [0, 0.1) is 10.1 Å². The predicted octanol–water partition coefficient (Wildman–Crippen LogP) is 1.59. The Hall–Kier alpha value is -2.44. The highest BCUT2D eigenvalue weighted by atomic mass is 16.6. The van der Waals surface area contributed by atoms with Crippen molar-refractivity contribution >= 4 is 17.5 Å². The van der Waals surface area contributed by atoms with Gasteiger partial charge in [-0.05, 0) is 12.5 Å². The zero-order valence-electron chi connectivity index (χ0n) is 12.6. The normalized spacial score (nSPS) is 11.6. The molecule has 0 fully saturated rings. The average molecular weight is 293 g/mol. The molecule has 1 rings (SSSR count). The summed E-state index contributed by atoms with van der Waals surface area (Å²) < 4.78 is 0. The zero-order chi connectivity index (χ0) is 16.2. The number of rotatable bonds is 5. The topological polar surface area (TPSA) is 83.8 Å². The fourth-order valence-corrected chi connectivity index (χ4v) is 1.86. The minimum atomic E-state index is -0.479. The SMILES string of the molecule is CC(=O)N(CC(=O)N(C)C)C(C)c1ccc([N+](=O)[O-])cc1. The molecule has 0 aliphatic rings. The summed E-state index contributed by atoms with van der Waals surface area (Å²) in [7, 11) is 3.24. The maximum atomic E-state index is 11.8. The van der Waals surface area contributed by atoms with E-state index in [1.54, 1.807) is 33.2 Å². The molecule has 7 heteroatoms. The third-order valence-corrected chi connectivity index (χ3v) is 3.26. The van der Waals surface area contributed by atoms with Crippen molar-refractivity contribution in [3.05, 3.63) is 39.9 Å². The number of non-ortho nitro benzene ring substituents is 1. The first kappa shape index (κ1) is 16.6. The standard InChI is InChI=1S/C14H19N3O4/c1-10(12-5-7-13(8-6-12)17(20)21)16(11(2)18)9-14(19)15(3)4/h5-8,10H,9H2,1-4H3. The van der Waals surface area contributed by atoms with Crippen LogP contribution in [0.15, 0.2) is 24.3 Å². The number of hydrogen-bond acceptors (Lipinski definition) is 4. The maximum absolute atomic E-state index is 11.8. The van der Waals surface area contributed by atoms with E-state index in [1.165, 1.54) is 28.9 Å². The molecular formula is C14H19N3O4. The van der Waals surface area contributed by atoms with E-state index in [-0.39, 0.29) is 30.1 Å². The van der Waals surface area contributed by atoms with Gasteiger partial charge in [0.15, 0.2) is 0 Å². The summed E-state index contributed by atoms with van der Waals surface area (Å²) in [5.41, 5.74) is 0.729. The molecule has 1 atom stereocenters. The van der Waals surface area contributed by atoms with Crippen LogP contribution in [0.2, 0.25) is 0 Å². The molecule has 0 heterocycles. The lowest BCUT2D eigenvalue weighted by Crippen LogP contribution is -2.40. The van der Waals surface area contributed by atoms with Crippen LogP contribution in [0.5, 0.6) is 0 Å². The van der Waals surface area contributed by atoms with Crippen molar-refractivity contribution in [3.63, 3.8) is 0 Å². The van der Waals surface area contributed by atoms with Gasteiger partial charge < -0.3 is 9.80 Å². The zero-order valence-corrected chi connectivity index (χ0v) is 12.6. The Bertz CT molecular complexity index is 540. The molecule has 0 bridgehead atoms. The third kappa shape index (κ3) is 4.27. The summed E-state index contributed by atoms with van der Waals surface area (Å²) >= 11 is 0. The third-order valence-electron chi connectivity index (χ3n) is 3.26. The van der Waals surface area contributed by atoms with E-state index >= 15 is 0 Å². The number of hydrogen-bond donors (Lipinski definition) is 0. The molecule has 114 valence electrons. The molecule has 0 aromatic heterocycles. The van der Waals surface area contributed by atoms with Crippen LogP contribution in [-0.2, 0) is 9.59 Å². The molecule has 1 aromatic carbocycles. The van der Waals surface area contributed by atoms with Crippen molar-refractivity contribution in [1.82, 2.24) is 9.80 Å². The predicted molar refractivity (Wildman–Crippen MR) is 77.6 cm³/mol. The molecule has 7 nitrogen and oxygen atoms in total. The van der Waals surface area contributed by atoms with Gasteiger partial charge in [-0.25, -0.2) is 0 Å². The van der Waals surface area contributed by atoms with E-state index in [9.17, 15) is 19.7 Å². The smallest absolute Gasteiger partial charge is 0.269 e. The van der Waals surface area contributed by atoms with Gasteiger partial charge >= 0.3 is 0 Å². The lowest BCUT2D eigenvalue weighted by molar-refractivity contribution is -0.384. The second-order valence-corrected chi connectivity index (χ2v) is 4.96. The molecule has 2 amide bonds. The summed E-state index contributed by atoms with van der Waals surface area (Å²) in [6, 6.07) is 5.63. The summed E-state index contributed by atoms with van der Waals surface area (Å²) in [6.07, 6.45) is 0. The Balaban J connectivity index is 2.95. The molecule has 0 spiro atoms. The summed E-state index contributed by atoms with van der Waals surface area (Å²) in [6.45, 7) is 3.15. The summed E-state index contributed by atoms with van der Waals surface area (Å²) in [5.74, 6) is -0.407. The van der Waals surface area contributed by atoms with Gasteiger partial charge in [-0.3, -0.25) is 19.7 Å². The minimum Gasteiger partial charge on any atom is -0.347 e. The number of nitro groups is 1. The highest BCUT2D eigenvalue weighted by Gasteiger charge is 2.22. The monoisotopic (exact) mass is 293 g/mol. The van der Waals surface area contributed by atoms with Gasteiger partial charge in [0.05, 0.1) is 11.0 Å². The number of carbonyl (C=O) groups is 2. The average Bonchev–Trinajstić information content (AvgIpc) is 2.43. The van der Waals surface area contributed by atoms with Crippen molar-refractivity contribution in [2.24, 2.45) is 0 Å². The van der Waals surface area contributed by atoms with E-state index in [2.05, 4.69) is 0 Å². The van der Waals surface area contributed by atoms with E-state index in [0.29, 0.717) is 0 Å². The van der Waals surface area contributed by atoms with E-state index in [1.807, 2.05) is 0 Å². The van der Waals surface area contributed by atoms with Gasteiger partial charge in [-0.1, -0.05) is 12.1 Å². The number of amides is 2. The number of nitro benzene ring substituents is 1. The highest BCUT2D eigenvalue weighted by molar-refractivity contribution is 5.83. The second-order valence-electron chi connectivity index (χ2n) is 4.96. The largest absolute Gasteiger partial charge is 0.347 e. The molecule has 0 saturated carbocycles. The second kappa shape index (κ2) is 6.83. The van der Waals surface area contributed by atoms with Crippen molar-refractivity contribution in [2.75, 3.05) is 20.6 Å².